The summed E-state index contributed by atoms with van der Waals surface area (Å²) in [4.78, 5) is 13.5. The molecule has 0 radical (unpaired) electrons. The number of fused-ring (bicyclic) bond motifs is 1. The fraction of sp³-hybridized carbons (Fsp3) is 0.500. The standard InChI is InChI=1S/C14H18N2O2S/c1-18-11-8-15-7-10(11)16-14(17)13-6-9-4-2-3-5-12(9)19-13/h2-5,10-11,13,15H,6-8H2,1H3,(H,16,17)/t10?,11-,13?/m0/s1. The van der Waals surface area contributed by atoms with Gasteiger partial charge in [-0.15, -0.1) is 11.8 Å². The Morgan fingerprint density at radius 1 is 1.42 bits per heavy atom. The molecule has 3 rings (SSSR count). The van der Waals surface area contributed by atoms with E-state index < -0.39 is 0 Å². The first-order valence-electron chi connectivity index (χ1n) is 6.56. The van der Waals surface area contributed by atoms with Crippen LogP contribution >= 0.6 is 11.8 Å². The number of ether oxygens (including phenoxy) is 1. The van der Waals surface area contributed by atoms with E-state index in [0.29, 0.717) is 0 Å². The topological polar surface area (TPSA) is 50.4 Å². The summed E-state index contributed by atoms with van der Waals surface area (Å²) in [6.45, 7) is 1.59. The number of thioether (sulfide) groups is 1. The lowest BCUT2D eigenvalue weighted by Gasteiger charge is -2.20. The van der Waals surface area contributed by atoms with Gasteiger partial charge in [-0.1, -0.05) is 18.2 Å². The second-order valence-corrected chi connectivity index (χ2v) is 6.21. The monoisotopic (exact) mass is 278 g/mol. The normalized spacial score (nSPS) is 29.2. The Labute approximate surface area is 117 Å². The molecule has 3 atom stereocenters. The zero-order valence-electron chi connectivity index (χ0n) is 10.9. The molecule has 1 saturated heterocycles. The van der Waals surface area contributed by atoms with Gasteiger partial charge >= 0.3 is 0 Å². The van der Waals surface area contributed by atoms with Crippen LogP contribution in [0.15, 0.2) is 29.2 Å². The van der Waals surface area contributed by atoms with Gasteiger partial charge in [-0.25, -0.2) is 0 Å². The van der Waals surface area contributed by atoms with Gasteiger partial charge in [-0.05, 0) is 18.1 Å². The molecule has 4 nitrogen and oxygen atoms in total. The van der Waals surface area contributed by atoms with Crippen LogP contribution in [0.4, 0.5) is 0 Å². The number of nitrogens with one attached hydrogen (secondary N) is 2. The predicted octanol–water partition coefficient (Wildman–Crippen LogP) is 0.806. The first-order chi connectivity index (χ1) is 9.28. The van der Waals surface area contributed by atoms with Crippen molar-refractivity contribution in [1.82, 2.24) is 10.6 Å². The van der Waals surface area contributed by atoms with Crippen molar-refractivity contribution in [2.75, 3.05) is 20.2 Å². The van der Waals surface area contributed by atoms with Crippen LogP contribution in [0.2, 0.25) is 0 Å². The van der Waals surface area contributed by atoms with Crippen LogP contribution in [0.25, 0.3) is 0 Å². The van der Waals surface area contributed by atoms with Crippen molar-refractivity contribution in [2.24, 2.45) is 0 Å². The largest absolute Gasteiger partial charge is 0.378 e. The average molecular weight is 278 g/mol. The molecule has 102 valence electrons. The summed E-state index contributed by atoms with van der Waals surface area (Å²) in [6, 6.07) is 8.32. The number of carbonyl (C=O) groups excluding carboxylic acids is 1. The number of rotatable bonds is 3. The number of amides is 1. The number of benzene rings is 1. The van der Waals surface area contributed by atoms with Crippen LogP contribution in [0.5, 0.6) is 0 Å². The van der Waals surface area contributed by atoms with Crippen LogP contribution in [-0.2, 0) is 16.0 Å². The van der Waals surface area contributed by atoms with Gasteiger partial charge in [-0.3, -0.25) is 4.79 Å². The van der Waals surface area contributed by atoms with Crippen LogP contribution in [0.1, 0.15) is 5.56 Å². The lowest BCUT2D eigenvalue weighted by Crippen LogP contribution is -2.46. The molecule has 1 aromatic carbocycles. The van der Waals surface area contributed by atoms with E-state index in [4.69, 9.17) is 4.74 Å². The summed E-state index contributed by atoms with van der Waals surface area (Å²) >= 11 is 1.66. The van der Waals surface area contributed by atoms with E-state index >= 15 is 0 Å². The molecule has 1 aromatic rings. The summed E-state index contributed by atoms with van der Waals surface area (Å²) in [6.07, 6.45) is 0.905. The first-order valence-corrected chi connectivity index (χ1v) is 7.44. The van der Waals surface area contributed by atoms with Crippen molar-refractivity contribution >= 4 is 17.7 Å². The van der Waals surface area contributed by atoms with E-state index in [0.717, 1.165) is 19.5 Å². The van der Waals surface area contributed by atoms with E-state index in [-0.39, 0.29) is 23.3 Å². The van der Waals surface area contributed by atoms with Gasteiger partial charge in [0.1, 0.15) is 0 Å². The average Bonchev–Trinajstić information content (AvgIpc) is 3.03. The van der Waals surface area contributed by atoms with Gasteiger partial charge in [0.2, 0.25) is 5.91 Å². The van der Waals surface area contributed by atoms with Gasteiger partial charge in [-0.2, -0.15) is 0 Å². The minimum Gasteiger partial charge on any atom is -0.378 e. The molecule has 2 heterocycles. The molecule has 2 unspecified atom stereocenters. The highest BCUT2D eigenvalue weighted by atomic mass is 32.2. The quantitative estimate of drug-likeness (QED) is 0.859. The number of hydrogen-bond donors (Lipinski definition) is 2. The minimum absolute atomic E-state index is 0.00416. The van der Waals surface area contributed by atoms with Gasteiger partial charge < -0.3 is 15.4 Å². The van der Waals surface area contributed by atoms with E-state index in [1.807, 2.05) is 12.1 Å². The Bertz CT molecular complexity index is 455. The van der Waals surface area contributed by atoms with Crippen molar-refractivity contribution in [1.29, 1.82) is 0 Å². The molecule has 0 bridgehead atoms. The van der Waals surface area contributed by atoms with Crippen molar-refractivity contribution in [3.63, 3.8) is 0 Å². The maximum atomic E-state index is 12.3. The van der Waals surface area contributed by atoms with Gasteiger partial charge in [0.25, 0.3) is 0 Å². The van der Waals surface area contributed by atoms with E-state index in [2.05, 4.69) is 22.8 Å². The number of hydrogen-bond acceptors (Lipinski definition) is 4. The smallest absolute Gasteiger partial charge is 0.234 e. The zero-order chi connectivity index (χ0) is 13.2. The molecule has 0 aromatic heterocycles. The molecule has 5 heteroatoms. The molecule has 2 aliphatic heterocycles. The second kappa shape index (κ2) is 5.53. The van der Waals surface area contributed by atoms with Gasteiger partial charge in [0.15, 0.2) is 0 Å². The summed E-state index contributed by atoms with van der Waals surface area (Å²) < 4.78 is 5.37. The molecule has 1 fully saturated rings. The van der Waals surface area contributed by atoms with Crippen molar-refractivity contribution in [3.05, 3.63) is 29.8 Å². The molecular weight excluding hydrogens is 260 g/mol. The second-order valence-electron chi connectivity index (χ2n) is 4.97. The highest BCUT2D eigenvalue weighted by Crippen LogP contribution is 2.36. The van der Waals surface area contributed by atoms with Crippen molar-refractivity contribution in [3.8, 4) is 0 Å². The molecular formula is C14H18N2O2S. The molecule has 0 spiro atoms. The molecule has 2 N–H and O–H groups in total. The Morgan fingerprint density at radius 3 is 3.05 bits per heavy atom. The predicted molar refractivity (Wildman–Crippen MR) is 75.4 cm³/mol. The van der Waals surface area contributed by atoms with E-state index in [1.54, 1.807) is 18.9 Å². The molecule has 19 heavy (non-hydrogen) atoms. The van der Waals surface area contributed by atoms with E-state index in [1.165, 1.54) is 10.5 Å². The number of methoxy groups -OCH3 is 1. The summed E-state index contributed by atoms with van der Waals surface area (Å²) in [5.41, 5.74) is 1.28. The Balaban J connectivity index is 1.61. The Morgan fingerprint density at radius 2 is 2.26 bits per heavy atom. The van der Waals surface area contributed by atoms with Gasteiger partial charge in [0.05, 0.1) is 17.4 Å². The first kappa shape index (κ1) is 13.0. The summed E-state index contributed by atoms with van der Waals surface area (Å²) in [5, 5.41) is 6.35. The highest BCUT2D eigenvalue weighted by Gasteiger charge is 2.33. The van der Waals surface area contributed by atoms with Gasteiger partial charge in [0, 0.05) is 25.1 Å². The Hall–Kier alpha value is -1.04. The maximum absolute atomic E-state index is 12.3. The fourth-order valence-corrected chi connectivity index (χ4v) is 3.85. The van der Waals surface area contributed by atoms with Crippen molar-refractivity contribution < 1.29 is 9.53 Å². The Kier molecular flexibility index (Phi) is 3.77. The highest BCUT2D eigenvalue weighted by molar-refractivity contribution is 8.01. The SMILES string of the molecule is CO[C@H]1CNCC1NC(=O)C1Cc2ccccc2S1. The molecule has 1 amide bonds. The summed E-state index contributed by atoms with van der Waals surface area (Å²) in [5.74, 6) is 0.122. The van der Waals surface area contributed by atoms with E-state index in [9.17, 15) is 4.79 Å². The maximum Gasteiger partial charge on any atom is 0.234 e. The van der Waals surface area contributed by atoms with Crippen molar-refractivity contribution in [2.45, 2.75) is 28.7 Å². The molecule has 0 aliphatic carbocycles. The third-order valence-corrected chi connectivity index (χ3v) is 5.05. The number of carbonyl (C=O) groups is 1. The molecule has 2 aliphatic rings. The third kappa shape index (κ3) is 2.63. The third-order valence-electron chi connectivity index (χ3n) is 3.73. The minimum atomic E-state index is -0.00416. The fourth-order valence-electron chi connectivity index (χ4n) is 2.65. The van der Waals surface area contributed by atoms with Crippen LogP contribution in [-0.4, -0.2) is 43.5 Å². The van der Waals surface area contributed by atoms with Crippen LogP contribution in [0.3, 0.4) is 0 Å². The zero-order valence-corrected chi connectivity index (χ0v) is 11.7. The lowest BCUT2D eigenvalue weighted by molar-refractivity contribution is -0.121. The van der Waals surface area contributed by atoms with Crippen LogP contribution < -0.4 is 10.6 Å². The van der Waals surface area contributed by atoms with Crippen LogP contribution in [0, 0.1) is 0 Å². The summed E-state index contributed by atoms with van der Waals surface area (Å²) in [7, 11) is 1.69. The lowest BCUT2D eigenvalue weighted by atomic mass is 10.1. The molecule has 0 saturated carbocycles.